The molecule has 2 aromatic carbocycles. The molecule has 11 nitrogen and oxygen atoms in total. The SMILES string of the molecule is C=C1C=C(C)c2ccc(NC(=O)C(CCCCNC(=O)OC(C)(C)C)NC(=O)C(CC3CCCCC3)NC(=O)CCc3c[nH]c4ccccc34)cc2N1. The van der Waals surface area contributed by atoms with Gasteiger partial charge in [0.2, 0.25) is 17.7 Å². The van der Waals surface area contributed by atoms with Crippen molar-refractivity contribution >= 4 is 51.7 Å². The third-order valence-corrected chi connectivity index (χ3v) is 9.86. The summed E-state index contributed by atoms with van der Waals surface area (Å²) in [6.45, 7) is 11.8. The number of nitrogens with one attached hydrogen (secondary N) is 6. The van der Waals surface area contributed by atoms with E-state index in [0.717, 1.165) is 64.7 Å². The number of hydrogen-bond acceptors (Lipinski definition) is 6. The second-order valence-corrected chi connectivity index (χ2v) is 15.4. The fourth-order valence-corrected chi connectivity index (χ4v) is 7.21. The number of aryl methyl sites for hydroxylation is 1. The number of ether oxygens (including phenoxy) is 1. The van der Waals surface area contributed by atoms with E-state index in [-0.39, 0.29) is 24.1 Å². The number of fused-ring (bicyclic) bond motifs is 2. The second-order valence-electron chi connectivity index (χ2n) is 15.4. The highest BCUT2D eigenvalue weighted by Crippen LogP contribution is 2.33. The number of alkyl carbamates (subject to hydrolysis) is 1. The van der Waals surface area contributed by atoms with Crippen molar-refractivity contribution in [3.05, 3.63) is 78.1 Å². The number of aromatic amines is 1. The maximum absolute atomic E-state index is 14.1. The van der Waals surface area contributed by atoms with Gasteiger partial charge in [0.05, 0.1) is 0 Å². The standard InChI is InChI=1S/C42H56N6O5/c1-27-23-28(2)45-36-25-31(19-20-32(27)36)46-39(50)35(17-11-12-22-43-41(52)53-42(3,4)5)48-40(51)37(24-29-13-7-6-8-14-29)47-38(49)21-18-30-26-44-34-16-10-9-15-33(30)34/h9-10,15-16,19-20,23,25-26,29,35,37,44-45H,2,6-8,11-14,17-18,21-22,24H2,1,3-5H3,(H,43,52)(H,46,50)(H,47,49)(H,48,51). The molecule has 0 bridgehead atoms. The van der Waals surface area contributed by atoms with Gasteiger partial charge < -0.3 is 36.3 Å². The number of carbonyl (C=O) groups is 4. The Morgan fingerprint density at radius 3 is 2.51 bits per heavy atom. The van der Waals surface area contributed by atoms with E-state index in [2.05, 4.69) is 38.1 Å². The Kier molecular flexibility index (Phi) is 13.4. The first-order valence-electron chi connectivity index (χ1n) is 19.1. The molecule has 2 heterocycles. The summed E-state index contributed by atoms with van der Waals surface area (Å²) in [6, 6.07) is 12.0. The fraction of sp³-hybridized carbons (Fsp3) is 0.476. The van der Waals surface area contributed by atoms with Crippen LogP contribution in [0.4, 0.5) is 16.2 Å². The third-order valence-electron chi connectivity index (χ3n) is 9.86. The lowest BCUT2D eigenvalue weighted by atomic mass is 9.84. The van der Waals surface area contributed by atoms with Gasteiger partial charge in [-0.25, -0.2) is 4.79 Å². The van der Waals surface area contributed by atoms with Crippen molar-refractivity contribution in [1.29, 1.82) is 0 Å². The van der Waals surface area contributed by atoms with Crippen molar-refractivity contribution < 1.29 is 23.9 Å². The number of para-hydroxylation sites is 1. The Balaban J connectivity index is 1.26. The van der Waals surface area contributed by atoms with Gasteiger partial charge in [0.25, 0.3) is 0 Å². The van der Waals surface area contributed by atoms with Gasteiger partial charge in [0.15, 0.2) is 0 Å². The van der Waals surface area contributed by atoms with Gasteiger partial charge in [-0.1, -0.05) is 62.9 Å². The maximum Gasteiger partial charge on any atom is 0.407 e. The van der Waals surface area contributed by atoms with Crippen molar-refractivity contribution in [1.82, 2.24) is 20.9 Å². The van der Waals surface area contributed by atoms with E-state index in [1.165, 1.54) is 6.42 Å². The topological polar surface area (TPSA) is 153 Å². The average molecular weight is 725 g/mol. The molecule has 2 aliphatic rings. The van der Waals surface area contributed by atoms with Crippen molar-refractivity contribution in [2.45, 2.75) is 116 Å². The molecule has 11 heteroatoms. The molecule has 1 aliphatic carbocycles. The van der Waals surface area contributed by atoms with Gasteiger partial charge in [-0.2, -0.15) is 0 Å². The van der Waals surface area contributed by atoms with E-state index >= 15 is 0 Å². The fourth-order valence-electron chi connectivity index (χ4n) is 7.21. The number of hydrogen-bond donors (Lipinski definition) is 6. The highest BCUT2D eigenvalue weighted by Gasteiger charge is 2.30. The average Bonchev–Trinajstić information content (AvgIpc) is 3.52. The number of H-pyrrole nitrogens is 1. The molecule has 53 heavy (non-hydrogen) atoms. The summed E-state index contributed by atoms with van der Waals surface area (Å²) in [6.07, 6.45) is 11.6. The normalized spacial score (nSPS) is 15.7. The lowest BCUT2D eigenvalue weighted by Crippen LogP contribution is -2.53. The lowest BCUT2D eigenvalue weighted by Gasteiger charge is -2.28. The van der Waals surface area contributed by atoms with Crippen molar-refractivity contribution in [3.63, 3.8) is 0 Å². The summed E-state index contributed by atoms with van der Waals surface area (Å²) in [7, 11) is 0. The molecule has 5 rings (SSSR count). The number of benzene rings is 2. The molecule has 4 amide bonds. The molecular formula is C42H56N6O5. The van der Waals surface area contributed by atoms with Gasteiger partial charge in [-0.05, 0) is 101 Å². The van der Waals surface area contributed by atoms with Crippen LogP contribution in [0.3, 0.4) is 0 Å². The van der Waals surface area contributed by atoms with Crippen LogP contribution in [0, 0.1) is 5.92 Å². The number of carbonyl (C=O) groups excluding carboxylic acids is 4. The third kappa shape index (κ3) is 11.7. The predicted molar refractivity (Wildman–Crippen MR) is 211 cm³/mol. The van der Waals surface area contributed by atoms with Crippen LogP contribution in [0.15, 0.2) is 67.0 Å². The Bertz CT molecular complexity index is 1820. The molecule has 1 aliphatic heterocycles. The highest BCUT2D eigenvalue weighted by atomic mass is 16.6. The number of rotatable bonds is 15. The molecule has 6 N–H and O–H groups in total. The summed E-state index contributed by atoms with van der Waals surface area (Å²) in [5.41, 5.74) is 5.73. The van der Waals surface area contributed by atoms with E-state index in [4.69, 9.17) is 4.74 Å². The van der Waals surface area contributed by atoms with Crippen LogP contribution in [-0.2, 0) is 25.5 Å². The van der Waals surface area contributed by atoms with Crippen LogP contribution in [0.2, 0.25) is 0 Å². The van der Waals surface area contributed by atoms with Crippen molar-refractivity contribution in [2.75, 3.05) is 17.2 Å². The van der Waals surface area contributed by atoms with Gasteiger partial charge >= 0.3 is 6.09 Å². The molecule has 0 spiro atoms. The molecular weight excluding hydrogens is 668 g/mol. The van der Waals surface area contributed by atoms with Crippen LogP contribution < -0.4 is 26.6 Å². The molecule has 1 saturated carbocycles. The van der Waals surface area contributed by atoms with Crippen LogP contribution in [0.1, 0.15) is 103 Å². The summed E-state index contributed by atoms with van der Waals surface area (Å²) >= 11 is 0. The van der Waals surface area contributed by atoms with E-state index in [0.29, 0.717) is 50.3 Å². The zero-order valence-electron chi connectivity index (χ0n) is 31.7. The van der Waals surface area contributed by atoms with Gasteiger partial charge in [-0.15, -0.1) is 0 Å². The highest BCUT2D eigenvalue weighted by molar-refractivity contribution is 5.99. The largest absolute Gasteiger partial charge is 0.444 e. The van der Waals surface area contributed by atoms with E-state index < -0.39 is 23.8 Å². The van der Waals surface area contributed by atoms with Gasteiger partial charge in [-0.3, -0.25) is 14.4 Å². The minimum Gasteiger partial charge on any atom is -0.444 e. The quantitative estimate of drug-likeness (QED) is 0.0883. The Hall–Kier alpha value is -5.06. The summed E-state index contributed by atoms with van der Waals surface area (Å²) < 4.78 is 5.33. The first-order valence-corrected chi connectivity index (χ1v) is 19.1. The number of allylic oxidation sites excluding steroid dienone is 2. The van der Waals surface area contributed by atoms with Crippen molar-refractivity contribution in [3.8, 4) is 0 Å². The number of aromatic nitrogens is 1. The Morgan fingerprint density at radius 2 is 1.74 bits per heavy atom. The molecule has 1 fully saturated rings. The zero-order valence-corrected chi connectivity index (χ0v) is 31.7. The molecule has 0 radical (unpaired) electrons. The first kappa shape index (κ1) is 39.2. The lowest BCUT2D eigenvalue weighted by molar-refractivity contribution is -0.131. The molecule has 0 saturated heterocycles. The van der Waals surface area contributed by atoms with E-state index in [1.54, 1.807) is 20.8 Å². The molecule has 3 aromatic rings. The first-order chi connectivity index (χ1) is 25.3. The zero-order chi connectivity index (χ0) is 38.0. The summed E-state index contributed by atoms with van der Waals surface area (Å²) in [4.78, 5) is 56.8. The summed E-state index contributed by atoms with van der Waals surface area (Å²) in [5, 5.41) is 16.2. The minimum absolute atomic E-state index is 0.201. The van der Waals surface area contributed by atoms with Crippen molar-refractivity contribution in [2.24, 2.45) is 5.92 Å². The molecule has 1 aromatic heterocycles. The van der Waals surface area contributed by atoms with Crippen LogP contribution >= 0.6 is 0 Å². The number of anilines is 2. The predicted octanol–water partition coefficient (Wildman–Crippen LogP) is 7.72. The smallest absolute Gasteiger partial charge is 0.407 e. The second kappa shape index (κ2) is 18.1. The Morgan fingerprint density at radius 1 is 0.962 bits per heavy atom. The maximum atomic E-state index is 14.1. The van der Waals surface area contributed by atoms with Gasteiger partial charge in [0, 0.05) is 52.7 Å². The number of amides is 4. The summed E-state index contributed by atoms with van der Waals surface area (Å²) in [5.74, 6) is -0.613. The molecule has 2 unspecified atom stereocenters. The van der Waals surface area contributed by atoms with Gasteiger partial charge in [0.1, 0.15) is 17.7 Å². The minimum atomic E-state index is -0.874. The van der Waals surface area contributed by atoms with E-state index in [1.807, 2.05) is 61.7 Å². The van der Waals surface area contributed by atoms with E-state index in [9.17, 15) is 19.2 Å². The molecule has 2 atom stereocenters. The van der Waals surface area contributed by atoms with Crippen LogP contribution in [0.25, 0.3) is 16.5 Å². The van der Waals surface area contributed by atoms with Crippen LogP contribution in [-0.4, -0.2) is 53.0 Å². The monoisotopic (exact) mass is 724 g/mol. The Labute approximate surface area is 313 Å². The molecule has 284 valence electrons. The van der Waals surface area contributed by atoms with Crippen LogP contribution in [0.5, 0.6) is 0 Å². The number of unbranched alkanes of at least 4 members (excludes halogenated alkanes) is 1.